The van der Waals surface area contributed by atoms with Crippen molar-refractivity contribution in [2.24, 2.45) is 12.5 Å². The number of rotatable bonds is 5. The number of carboxylic acids is 2. The highest BCUT2D eigenvalue weighted by Gasteiger charge is 2.41. The second kappa shape index (κ2) is 13.8. The van der Waals surface area contributed by atoms with Gasteiger partial charge in [0.2, 0.25) is 0 Å². The minimum atomic E-state index is -5.08. The fraction of sp³-hybridized carbons (Fsp3) is 0.560. The zero-order valence-electron chi connectivity index (χ0n) is 22.0. The summed E-state index contributed by atoms with van der Waals surface area (Å²) in [5.41, 5.74) is 3.19. The Morgan fingerprint density at radius 1 is 0.900 bits per heavy atom. The second-order valence-electron chi connectivity index (χ2n) is 9.75. The Kier molecular flexibility index (Phi) is 11.4. The van der Waals surface area contributed by atoms with Gasteiger partial charge in [-0.05, 0) is 55.5 Å². The molecule has 0 radical (unpaired) electrons. The first-order valence-electron chi connectivity index (χ1n) is 12.2. The molecule has 1 aromatic heterocycles. The quantitative estimate of drug-likeness (QED) is 0.506. The largest absolute Gasteiger partial charge is 0.497 e. The van der Waals surface area contributed by atoms with Crippen LogP contribution in [0.3, 0.4) is 0 Å². The second-order valence-corrected chi connectivity index (χ2v) is 9.75. The number of alkyl halides is 6. The smallest absolute Gasteiger partial charge is 0.490 e. The number of halogens is 6. The first kappa shape index (κ1) is 32.9. The van der Waals surface area contributed by atoms with E-state index in [2.05, 4.69) is 45.4 Å². The summed E-state index contributed by atoms with van der Waals surface area (Å²) >= 11 is 0. The molecule has 9 nitrogen and oxygen atoms in total. The predicted octanol–water partition coefficient (Wildman–Crippen LogP) is 4.18. The molecule has 0 aliphatic carbocycles. The molecule has 2 aliphatic heterocycles. The molecule has 2 aromatic rings. The van der Waals surface area contributed by atoms with E-state index in [1.807, 2.05) is 17.9 Å². The zero-order valence-corrected chi connectivity index (χ0v) is 22.0. The molecule has 4 rings (SSSR count). The molecule has 15 heteroatoms. The third-order valence-electron chi connectivity index (χ3n) is 6.47. The Labute approximate surface area is 226 Å². The van der Waals surface area contributed by atoms with Crippen LogP contribution in [-0.4, -0.2) is 87.4 Å². The van der Waals surface area contributed by atoms with Crippen molar-refractivity contribution >= 4 is 11.9 Å². The van der Waals surface area contributed by atoms with Gasteiger partial charge >= 0.3 is 24.3 Å². The molecule has 0 amide bonds. The fourth-order valence-electron chi connectivity index (χ4n) is 4.74. The molecule has 0 bridgehead atoms. The van der Waals surface area contributed by atoms with E-state index in [1.54, 1.807) is 7.11 Å². The van der Waals surface area contributed by atoms with E-state index in [0.29, 0.717) is 5.41 Å². The van der Waals surface area contributed by atoms with Crippen LogP contribution >= 0.6 is 0 Å². The number of hydrogen-bond donors (Lipinski definition) is 2. The third-order valence-corrected chi connectivity index (χ3v) is 6.47. The number of benzene rings is 1. The molecule has 3 heterocycles. The molecule has 2 N–H and O–H groups in total. The molecule has 224 valence electrons. The molecule has 0 saturated carbocycles. The Morgan fingerprint density at radius 3 is 1.85 bits per heavy atom. The minimum Gasteiger partial charge on any atom is -0.497 e. The molecule has 2 saturated heterocycles. The average molecular weight is 583 g/mol. The Balaban J connectivity index is 0.000000333. The number of carboxylic acid groups (broad SMARTS) is 2. The summed E-state index contributed by atoms with van der Waals surface area (Å²) in [6, 6.07) is 8.52. The number of ether oxygens (including phenoxy) is 1. The fourth-order valence-corrected chi connectivity index (χ4v) is 4.74. The lowest BCUT2D eigenvalue weighted by atomic mass is 9.79. The maximum atomic E-state index is 10.6. The number of aryl methyl sites for hydroxylation is 1. The van der Waals surface area contributed by atoms with Gasteiger partial charge in [0.05, 0.1) is 13.3 Å². The van der Waals surface area contributed by atoms with Gasteiger partial charge in [0.25, 0.3) is 0 Å². The predicted molar refractivity (Wildman–Crippen MR) is 130 cm³/mol. The summed E-state index contributed by atoms with van der Waals surface area (Å²) in [7, 11) is 3.72. The lowest BCUT2D eigenvalue weighted by Crippen LogP contribution is -2.44. The normalized spacial score (nSPS) is 19.8. The lowest BCUT2D eigenvalue weighted by Gasteiger charge is -2.40. The number of methoxy groups -OCH3 is 1. The van der Waals surface area contributed by atoms with E-state index in [1.165, 1.54) is 56.6 Å². The van der Waals surface area contributed by atoms with Crippen LogP contribution in [0.1, 0.15) is 30.4 Å². The summed E-state index contributed by atoms with van der Waals surface area (Å²) in [6.07, 6.45) is -2.00. The standard InChI is InChI=1S/C21H30N4O.2C2HF3O2/c1-23-13-19(12-22-23)15-24-10-3-8-21(16-24)9-11-25(17-21)14-18-4-6-20(26-2)7-5-18;2*3-2(4,5)1(6)7/h4-7,12-13H,3,8-11,14-17H2,1-2H3;2*(H,6,7). The number of likely N-dealkylation sites (tertiary alicyclic amines) is 2. The summed E-state index contributed by atoms with van der Waals surface area (Å²) in [5, 5.41) is 18.6. The lowest BCUT2D eigenvalue weighted by molar-refractivity contribution is -0.193. The number of piperidine rings is 1. The molecular formula is C25H32F6N4O5. The van der Waals surface area contributed by atoms with Gasteiger partial charge in [-0.3, -0.25) is 14.5 Å². The van der Waals surface area contributed by atoms with Crippen molar-refractivity contribution in [3.63, 3.8) is 0 Å². The van der Waals surface area contributed by atoms with Crippen LogP contribution in [0.5, 0.6) is 5.75 Å². The Morgan fingerprint density at radius 2 is 1.40 bits per heavy atom. The molecular weight excluding hydrogens is 550 g/mol. The Bertz CT molecular complexity index is 1080. The van der Waals surface area contributed by atoms with Gasteiger partial charge in [-0.15, -0.1) is 0 Å². The van der Waals surface area contributed by atoms with Crippen molar-refractivity contribution in [2.45, 2.75) is 44.7 Å². The van der Waals surface area contributed by atoms with Crippen molar-refractivity contribution in [2.75, 3.05) is 33.3 Å². The van der Waals surface area contributed by atoms with Crippen LogP contribution in [0.25, 0.3) is 0 Å². The molecule has 40 heavy (non-hydrogen) atoms. The maximum Gasteiger partial charge on any atom is 0.490 e. The van der Waals surface area contributed by atoms with E-state index in [-0.39, 0.29) is 0 Å². The molecule has 2 aliphatic rings. The topological polar surface area (TPSA) is 108 Å². The van der Waals surface area contributed by atoms with Gasteiger partial charge in [0, 0.05) is 45.0 Å². The van der Waals surface area contributed by atoms with Gasteiger partial charge < -0.3 is 14.9 Å². The van der Waals surface area contributed by atoms with E-state index in [0.717, 1.165) is 18.8 Å². The van der Waals surface area contributed by atoms with Crippen LogP contribution in [-0.2, 0) is 29.7 Å². The number of nitrogens with zero attached hydrogens (tertiary/aromatic N) is 4. The van der Waals surface area contributed by atoms with Gasteiger partial charge in [0.1, 0.15) is 5.75 Å². The summed E-state index contributed by atoms with van der Waals surface area (Å²) in [4.78, 5) is 23.1. The minimum absolute atomic E-state index is 0.479. The molecule has 1 aromatic carbocycles. The van der Waals surface area contributed by atoms with Crippen molar-refractivity contribution in [3.8, 4) is 5.75 Å². The van der Waals surface area contributed by atoms with Crippen LogP contribution in [0.2, 0.25) is 0 Å². The van der Waals surface area contributed by atoms with Crippen LogP contribution in [0.4, 0.5) is 26.3 Å². The number of hydrogen-bond acceptors (Lipinski definition) is 6. The molecule has 2 fully saturated rings. The third kappa shape index (κ3) is 10.7. The molecule has 1 unspecified atom stereocenters. The van der Waals surface area contributed by atoms with Crippen LogP contribution in [0.15, 0.2) is 36.7 Å². The highest BCUT2D eigenvalue weighted by Crippen LogP contribution is 2.39. The van der Waals surface area contributed by atoms with Gasteiger partial charge in [-0.2, -0.15) is 31.4 Å². The van der Waals surface area contributed by atoms with Gasteiger partial charge in [0.15, 0.2) is 0 Å². The van der Waals surface area contributed by atoms with Gasteiger partial charge in [-0.25, -0.2) is 9.59 Å². The van der Waals surface area contributed by atoms with E-state index < -0.39 is 24.3 Å². The average Bonchev–Trinajstić information content (AvgIpc) is 3.44. The van der Waals surface area contributed by atoms with E-state index in [9.17, 15) is 26.3 Å². The molecule has 1 spiro atoms. The number of aliphatic carboxylic acids is 2. The number of carbonyl (C=O) groups is 2. The SMILES string of the molecule is COc1ccc(CN2CCC3(CCCN(Cc4cnn(C)c4)C3)C2)cc1.O=C(O)C(F)(F)F.O=C(O)C(F)(F)F. The Hall–Kier alpha value is -3.33. The highest BCUT2D eigenvalue weighted by molar-refractivity contribution is 5.73. The molecule has 1 atom stereocenters. The van der Waals surface area contributed by atoms with Crippen molar-refractivity contribution < 1.29 is 50.9 Å². The summed E-state index contributed by atoms with van der Waals surface area (Å²) in [6.45, 7) is 6.97. The van der Waals surface area contributed by atoms with Crippen LogP contribution < -0.4 is 4.74 Å². The van der Waals surface area contributed by atoms with E-state index in [4.69, 9.17) is 24.5 Å². The highest BCUT2D eigenvalue weighted by atomic mass is 19.4. The number of aromatic nitrogens is 2. The maximum absolute atomic E-state index is 10.6. The van der Waals surface area contributed by atoms with Crippen LogP contribution in [0, 0.1) is 5.41 Å². The first-order valence-corrected chi connectivity index (χ1v) is 12.2. The van der Waals surface area contributed by atoms with Crippen molar-refractivity contribution in [1.82, 2.24) is 19.6 Å². The van der Waals surface area contributed by atoms with E-state index >= 15 is 0 Å². The first-order chi connectivity index (χ1) is 18.5. The summed E-state index contributed by atoms with van der Waals surface area (Å²) in [5.74, 6) is -4.58. The van der Waals surface area contributed by atoms with Crippen molar-refractivity contribution in [3.05, 3.63) is 47.8 Å². The zero-order chi connectivity index (χ0) is 30.1. The summed E-state index contributed by atoms with van der Waals surface area (Å²) < 4.78 is 70.6. The monoisotopic (exact) mass is 582 g/mol. The van der Waals surface area contributed by atoms with Crippen molar-refractivity contribution in [1.29, 1.82) is 0 Å². The van der Waals surface area contributed by atoms with Gasteiger partial charge in [-0.1, -0.05) is 12.1 Å².